The van der Waals surface area contributed by atoms with Crippen LogP contribution in [-0.4, -0.2) is 5.78 Å². The van der Waals surface area contributed by atoms with Crippen molar-refractivity contribution in [2.45, 2.75) is 0 Å². The number of carbonyl (C=O) groups is 1. The van der Waals surface area contributed by atoms with Gasteiger partial charge in [0.15, 0.2) is 5.78 Å². The van der Waals surface area contributed by atoms with Gasteiger partial charge >= 0.3 is 0 Å². The highest BCUT2D eigenvalue weighted by atomic mass is 16.5. The van der Waals surface area contributed by atoms with E-state index in [4.69, 9.17) is 20.9 Å². The molecule has 4 N–H and O–H groups in total. The fraction of sp³-hybridized carbons (Fsp3) is 0. The van der Waals surface area contributed by atoms with Gasteiger partial charge in [0.1, 0.15) is 23.0 Å². The minimum atomic E-state index is -0.0968. The average molecular weight is 549 g/mol. The van der Waals surface area contributed by atoms with E-state index in [2.05, 4.69) is 0 Å². The molecule has 0 aromatic heterocycles. The first-order valence-electron chi connectivity index (χ1n) is 13.6. The van der Waals surface area contributed by atoms with E-state index in [1.54, 1.807) is 12.1 Å². The van der Waals surface area contributed by atoms with Crippen LogP contribution in [0.1, 0.15) is 15.9 Å². The first-order chi connectivity index (χ1) is 20.6. The summed E-state index contributed by atoms with van der Waals surface area (Å²) in [7, 11) is 0. The Morgan fingerprint density at radius 2 is 0.976 bits per heavy atom. The Morgan fingerprint density at radius 1 is 0.476 bits per heavy atom. The van der Waals surface area contributed by atoms with E-state index in [-0.39, 0.29) is 5.78 Å². The highest BCUT2D eigenvalue weighted by Crippen LogP contribution is 2.45. The van der Waals surface area contributed by atoms with Gasteiger partial charge in [-0.25, -0.2) is 0 Å². The number of anilines is 2. The molecule has 6 aromatic rings. The van der Waals surface area contributed by atoms with Crippen molar-refractivity contribution < 1.29 is 14.3 Å². The quantitative estimate of drug-likeness (QED) is 0.146. The number of hydrogen-bond donors (Lipinski definition) is 2. The standard InChI is InChI=1S/C37H28N2O3/c38-26-13-8-15-28(23-26)41-34-21-6-4-17-30(34)31-19-10-20-33(37(40)25-11-2-1-3-12-25)36(31)32-18-5-7-22-35(32)42-29-16-9-14-27(39)24-29/h1-24H,38-39H2. The highest BCUT2D eigenvalue weighted by Gasteiger charge is 2.23. The molecular weight excluding hydrogens is 520 g/mol. The van der Waals surface area contributed by atoms with Gasteiger partial charge in [-0.1, -0.05) is 97.1 Å². The number of nitrogen functional groups attached to an aromatic ring is 2. The van der Waals surface area contributed by atoms with Gasteiger partial charge in [0, 0.05) is 51.3 Å². The third-order valence-electron chi connectivity index (χ3n) is 6.85. The molecule has 0 unspecified atom stereocenters. The molecule has 0 aliphatic rings. The van der Waals surface area contributed by atoms with Gasteiger partial charge in [-0.15, -0.1) is 0 Å². The van der Waals surface area contributed by atoms with Crippen LogP contribution in [0.3, 0.4) is 0 Å². The van der Waals surface area contributed by atoms with Crippen LogP contribution in [0.2, 0.25) is 0 Å². The number of para-hydroxylation sites is 2. The Balaban J connectivity index is 1.56. The fourth-order valence-corrected chi connectivity index (χ4v) is 4.95. The normalized spacial score (nSPS) is 10.7. The van der Waals surface area contributed by atoms with Crippen LogP contribution in [0.5, 0.6) is 23.0 Å². The van der Waals surface area contributed by atoms with Crippen LogP contribution in [0, 0.1) is 0 Å². The molecule has 0 bridgehead atoms. The molecule has 6 aromatic carbocycles. The summed E-state index contributed by atoms with van der Waals surface area (Å²) in [5, 5.41) is 0. The molecule has 5 heteroatoms. The van der Waals surface area contributed by atoms with Crippen molar-refractivity contribution >= 4 is 17.2 Å². The lowest BCUT2D eigenvalue weighted by atomic mass is 9.86. The third kappa shape index (κ3) is 5.58. The summed E-state index contributed by atoms with van der Waals surface area (Å²) in [6, 6.07) is 45.0. The number of rotatable bonds is 8. The molecule has 0 spiro atoms. The van der Waals surface area contributed by atoms with Gasteiger partial charge in [-0.3, -0.25) is 4.79 Å². The maximum absolute atomic E-state index is 14.0. The predicted octanol–water partition coefficient (Wildman–Crippen LogP) is 9.00. The Labute approximate surface area is 244 Å². The third-order valence-corrected chi connectivity index (χ3v) is 6.85. The zero-order valence-electron chi connectivity index (χ0n) is 22.7. The van der Waals surface area contributed by atoms with Gasteiger partial charge < -0.3 is 20.9 Å². The monoisotopic (exact) mass is 548 g/mol. The van der Waals surface area contributed by atoms with E-state index in [1.165, 1.54) is 0 Å². The Morgan fingerprint density at radius 3 is 1.60 bits per heavy atom. The van der Waals surface area contributed by atoms with Crippen molar-refractivity contribution in [3.05, 3.63) is 157 Å². The Hall–Kier alpha value is -5.81. The summed E-state index contributed by atoms with van der Waals surface area (Å²) in [6.45, 7) is 0. The largest absolute Gasteiger partial charge is 0.457 e. The van der Waals surface area contributed by atoms with E-state index >= 15 is 0 Å². The molecule has 0 saturated carbocycles. The average Bonchev–Trinajstić information content (AvgIpc) is 3.01. The van der Waals surface area contributed by atoms with Gasteiger partial charge in [-0.05, 0) is 42.0 Å². The number of hydrogen-bond acceptors (Lipinski definition) is 5. The molecule has 0 heterocycles. The summed E-state index contributed by atoms with van der Waals surface area (Å²) in [6.07, 6.45) is 0. The van der Waals surface area contributed by atoms with Crippen molar-refractivity contribution in [1.29, 1.82) is 0 Å². The second-order valence-corrected chi connectivity index (χ2v) is 9.76. The summed E-state index contributed by atoms with van der Waals surface area (Å²) in [5.41, 5.74) is 17.5. The first-order valence-corrected chi connectivity index (χ1v) is 13.6. The van der Waals surface area contributed by atoms with Crippen molar-refractivity contribution in [1.82, 2.24) is 0 Å². The SMILES string of the molecule is Nc1cccc(Oc2ccccc2-c2cccc(C(=O)c3ccccc3)c2-c2ccccc2Oc2cccc(N)c2)c1. The minimum Gasteiger partial charge on any atom is -0.457 e. The molecule has 0 amide bonds. The second kappa shape index (κ2) is 11.7. The van der Waals surface area contributed by atoms with E-state index < -0.39 is 0 Å². The van der Waals surface area contributed by atoms with Crippen LogP contribution in [0.4, 0.5) is 11.4 Å². The molecule has 0 atom stereocenters. The molecule has 42 heavy (non-hydrogen) atoms. The smallest absolute Gasteiger partial charge is 0.193 e. The Kier molecular flexibility index (Phi) is 7.38. The zero-order chi connectivity index (χ0) is 28.9. The lowest BCUT2D eigenvalue weighted by molar-refractivity contribution is 0.103. The maximum atomic E-state index is 14.0. The molecule has 6 rings (SSSR count). The van der Waals surface area contributed by atoms with Gasteiger partial charge in [-0.2, -0.15) is 0 Å². The topological polar surface area (TPSA) is 87.6 Å². The summed E-state index contributed by atoms with van der Waals surface area (Å²) < 4.78 is 12.7. The predicted molar refractivity (Wildman–Crippen MR) is 169 cm³/mol. The van der Waals surface area contributed by atoms with E-state index in [9.17, 15) is 4.79 Å². The van der Waals surface area contributed by atoms with Crippen LogP contribution in [-0.2, 0) is 0 Å². The molecule has 0 aliphatic heterocycles. The summed E-state index contributed by atoms with van der Waals surface area (Å²) in [5.74, 6) is 2.34. The number of ether oxygens (including phenoxy) is 2. The summed E-state index contributed by atoms with van der Waals surface area (Å²) >= 11 is 0. The molecule has 5 nitrogen and oxygen atoms in total. The lowest BCUT2D eigenvalue weighted by Gasteiger charge is -2.20. The molecule has 0 aliphatic carbocycles. The van der Waals surface area contributed by atoms with Crippen LogP contribution in [0.15, 0.2) is 146 Å². The van der Waals surface area contributed by atoms with Gasteiger partial charge in [0.25, 0.3) is 0 Å². The molecule has 0 radical (unpaired) electrons. The number of carbonyl (C=O) groups excluding carboxylic acids is 1. The highest BCUT2D eigenvalue weighted by molar-refractivity contribution is 6.15. The number of nitrogens with two attached hydrogens (primary N) is 2. The van der Waals surface area contributed by atoms with Gasteiger partial charge in [0.2, 0.25) is 0 Å². The van der Waals surface area contributed by atoms with Crippen LogP contribution < -0.4 is 20.9 Å². The molecule has 0 saturated heterocycles. The summed E-state index contributed by atoms with van der Waals surface area (Å²) in [4.78, 5) is 14.0. The zero-order valence-corrected chi connectivity index (χ0v) is 22.7. The van der Waals surface area contributed by atoms with Crippen LogP contribution in [0.25, 0.3) is 22.3 Å². The van der Waals surface area contributed by atoms with Crippen molar-refractivity contribution in [2.75, 3.05) is 11.5 Å². The minimum absolute atomic E-state index is 0.0968. The Bertz CT molecular complexity index is 1880. The van der Waals surface area contributed by atoms with E-state index in [0.717, 1.165) is 22.3 Å². The van der Waals surface area contributed by atoms with E-state index in [0.29, 0.717) is 45.5 Å². The number of ketones is 1. The molecule has 0 fully saturated rings. The van der Waals surface area contributed by atoms with Crippen molar-refractivity contribution in [3.8, 4) is 45.3 Å². The first kappa shape index (κ1) is 26.4. The van der Waals surface area contributed by atoms with Crippen LogP contribution >= 0.6 is 0 Å². The lowest BCUT2D eigenvalue weighted by Crippen LogP contribution is -2.05. The van der Waals surface area contributed by atoms with Gasteiger partial charge in [0.05, 0.1) is 0 Å². The molecule has 204 valence electrons. The maximum Gasteiger partial charge on any atom is 0.193 e. The second-order valence-electron chi connectivity index (χ2n) is 9.76. The van der Waals surface area contributed by atoms with E-state index in [1.807, 2.05) is 133 Å². The fourth-order valence-electron chi connectivity index (χ4n) is 4.95. The molecular formula is C37H28N2O3. The number of benzene rings is 6. The van der Waals surface area contributed by atoms with Crippen molar-refractivity contribution in [3.63, 3.8) is 0 Å². The van der Waals surface area contributed by atoms with Crippen molar-refractivity contribution in [2.24, 2.45) is 0 Å².